The van der Waals surface area contributed by atoms with Gasteiger partial charge in [-0.2, -0.15) is 5.10 Å². The quantitative estimate of drug-likeness (QED) is 0.146. The maximum atomic E-state index is 16.7. The number of nitrogens with one attached hydrogen (secondary N) is 2. The molecule has 3 aromatic heterocycles. The molecule has 3 aliphatic rings. The number of benzene rings is 3. The largest absolute Gasteiger partial charge is 0.367 e. The van der Waals surface area contributed by atoms with Gasteiger partial charge in [0.05, 0.1) is 28.1 Å². The molecule has 5 amide bonds. The van der Waals surface area contributed by atoms with Crippen LogP contribution >= 0.6 is 11.6 Å². The molecule has 6 heterocycles. The Morgan fingerprint density at radius 2 is 1.70 bits per heavy atom. The molecule has 0 unspecified atom stereocenters. The average molecular weight is 889 g/mol. The predicted molar refractivity (Wildman–Crippen MR) is 242 cm³/mol. The lowest BCUT2D eigenvalue weighted by atomic mass is 9.93. The number of carbonyl (C=O) groups excluding carboxylic acids is 4. The maximum Gasteiger partial charge on any atom is 0.328 e. The molecule has 2 N–H and O–H groups in total. The zero-order chi connectivity index (χ0) is 44.6. The lowest BCUT2D eigenvalue weighted by molar-refractivity contribution is -0.131. The van der Waals surface area contributed by atoms with Crippen LogP contribution in [0.5, 0.6) is 0 Å². The van der Waals surface area contributed by atoms with Gasteiger partial charge in [-0.15, -0.1) is 0 Å². The number of urea groups is 1. The van der Waals surface area contributed by atoms with Gasteiger partial charge in [0.15, 0.2) is 5.82 Å². The summed E-state index contributed by atoms with van der Waals surface area (Å²) in [6, 6.07) is 13.6. The molecule has 0 atom stereocenters. The summed E-state index contributed by atoms with van der Waals surface area (Å²) in [4.78, 5) is 67.2. The predicted octanol–water partition coefficient (Wildman–Crippen LogP) is 6.73. The zero-order valence-electron chi connectivity index (χ0n) is 35.5. The molecule has 0 saturated carbocycles. The van der Waals surface area contributed by atoms with Crippen molar-refractivity contribution in [3.8, 4) is 11.1 Å². The van der Waals surface area contributed by atoms with E-state index in [1.165, 1.54) is 11.0 Å². The van der Waals surface area contributed by atoms with E-state index in [2.05, 4.69) is 31.3 Å². The molecule has 330 valence electrons. The number of imide groups is 1. The second kappa shape index (κ2) is 17.8. The molecule has 3 aromatic carbocycles. The Morgan fingerprint density at radius 3 is 2.47 bits per heavy atom. The number of aryl methyl sites for hydroxylation is 1. The van der Waals surface area contributed by atoms with Gasteiger partial charge in [0.25, 0.3) is 5.91 Å². The van der Waals surface area contributed by atoms with Gasteiger partial charge in [-0.25, -0.2) is 13.6 Å². The fraction of sp³-hybridized carbons (Fsp3) is 0.319. The zero-order valence-corrected chi connectivity index (χ0v) is 36.3. The smallest absolute Gasteiger partial charge is 0.328 e. The number of amides is 5. The van der Waals surface area contributed by atoms with Crippen molar-refractivity contribution < 1.29 is 28.0 Å². The Morgan fingerprint density at radius 1 is 0.875 bits per heavy atom. The van der Waals surface area contributed by atoms with Crippen molar-refractivity contribution in [3.05, 3.63) is 113 Å². The molecule has 0 bridgehead atoms. The number of hydrogen-bond donors (Lipinski definition) is 2. The molecular weight excluding hydrogens is 842 g/mol. The van der Waals surface area contributed by atoms with E-state index in [1.54, 1.807) is 77.6 Å². The number of carbonyl (C=O) groups is 4. The van der Waals surface area contributed by atoms with Gasteiger partial charge in [-0.1, -0.05) is 35.9 Å². The molecule has 2 saturated heterocycles. The lowest BCUT2D eigenvalue weighted by Crippen LogP contribution is -2.49. The van der Waals surface area contributed by atoms with Gasteiger partial charge in [0.2, 0.25) is 11.8 Å². The summed E-state index contributed by atoms with van der Waals surface area (Å²) >= 11 is 7.06. The molecule has 9 rings (SSSR count). The second-order valence-electron chi connectivity index (χ2n) is 16.6. The molecule has 6 aromatic rings. The molecule has 17 heteroatoms. The van der Waals surface area contributed by atoms with Gasteiger partial charge in [-0.05, 0) is 59.9 Å². The van der Waals surface area contributed by atoms with Crippen LogP contribution in [0.1, 0.15) is 40.9 Å². The minimum absolute atomic E-state index is 0.0777. The number of piperazine rings is 1. The summed E-state index contributed by atoms with van der Waals surface area (Å²) in [6.07, 6.45) is 10.5. The van der Waals surface area contributed by atoms with E-state index >= 15 is 8.78 Å². The van der Waals surface area contributed by atoms with Crippen LogP contribution in [0, 0.1) is 11.6 Å². The van der Waals surface area contributed by atoms with Gasteiger partial charge < -0.3 is 19.7 Å². The maximum absolute atomic E-state index is 16.7. The first-order valence-corrected chi connectivity index (χ1v) is 21.8. The number of pyridine rings is 1. The van der Waals surface area contributed by atoms with Gasteiger partial charge in [0.1, 0.15) is 11.5 Å². The summed E-state index contributed by atoms with van der Waals surface area (Å²) in [5, 5.41) is 9.04. The lowest BCUT2D eigenvalue weighted by Gasteiger charge is -2.36. The highest BCUT2D eigenvalue weighted by molar-refractivity contribution is 6.34. The van der Waals surface area contributed by atoms with Crippen molar-refractivity contribution in [1.29, 1.82) is 0 Å². The third-order valence-corrected chi connectivity index (χ3v) is 12.7. The van der Waals surface area contributed by atoms with Crippen molar-refractivity contribution in [1.82, 2.24) is 39.8 Å². The molecule has 3 aliphatic heterocycles. The summed E-state index contributed by atoms with van der Waals surface area (Å²) in [5.41, 5.74) is 4.00. The Labute approximate surface area is 373 Å². The van der Waals surface area contributed by atoms with E-state index < -0.39 is 17.7 Å². The standard InChI is InChI=1S/C47H47ClF2N10O4/c1-55(2)46(63)39-24-35-33(22-32(44(50)45(35)53-39)30-7-4-13-58(28-30)43(62)11-16-59-14-5-12-52-59)34-23-38(49)40(25-37(34)48)57-20-18-56(19-21-57)15-9-29-6-3-8-31-36(29)26-51-27-41(31)60-17-10-42(61)54-47(60)64/h3,5-8,12,14,22-27,53H,4,9-11,13,15-21,28H2,1-2H3,(H,54,61,64). The minimum atomic E-state index is -0.577. The molecule has 0 aliphatic carbocycles. The Kier molecular flexibility index (Phi) is 11.9. The number of halogens is 3. The Hall–Kier alpha value is -6.65. The number of H-pyrrole nitrogens is 1. The van der Waals surface area contributed by atoms with E-state index in [-0.39, 0.29) is 65.4 Å². The molecule has 14 nitrogen and oxygen atoms in total. The number of fused-ring (bicyclic) bond motifs is 2. The van der Waals surface area contributed by atoms with Crippen LogP contribution in [0.25, 0.3) is 38.4 Å². The van der Waals surface area contributed by atoms with Crippen molar-refractivity contribution in [2.75, 3.05) is 76.3 Å². The monoisotopic (exact) mass is 888 g/mol. The van der Waals surface area contributed by atoms with Crippen LogP contribution in [0.4, 0.5) is 25.0 Å². The molecule has 64 heavy (non-hydrogen) atoms. The fourth-order valence-corrected chi connectivity index (χ4v) is 9.23. The number of nitrogens with zero attached hydrogens (tertiary/aromatic N) is 8. The molecular formula is C47H47ClF2N10O4. The van der Waals surface area contributed by atoms with E-state index in [0.29, 0.717) is 79.2 Å². The third-order valence-electron chi connectivity index (χ3n) is 12.4. The first kappa shape index (κ1) is 42.6. The fourth-order valence-electron chi connectivity index (χ4n) is 8.97. The summed E-state index contributed by atoms with van der Waals surface area (Å²) in [7, 11) is 3.21. The normalized spacial score (nSPS) is 16.1. The molecule has 2 fully saturated rings. The highest BCUT2D eigenvalue weighted by Gasteiger charge is 2.29. The highest BCUT2D eigenvalue weighted by atomic mass is 35.5. The molecule has 0 spiro atoms. The average Bonchev–Trinajstić information content (AvgIpc) is 4.00. The first-order chi connectivity index (χ1) is 30.9. The van der Waals surface area contributed by atoms with Crippen LogP contribution in [0.15, 0.2) is 79.4 Å². The van der Waals surface area contributed by atoms with Crippen molar-refractivity contribution in [2.24, 2.45) is 0 Å². The van der Waals surface area contributed by atoms with Crippen LogP contribution in [-0.4, -0.2) is 125 Å². The topological polar surface area (TPSA) is 143 Å². The van der Waals surface area contributed by atoms with E-state index in [9.17, 15) is 19.2 Å². The number of aromatic nitrogens is 4. The van der Waals surface area contributed by atoms with E-state index in [4.69, 9.17) is 11.6 Å². The van der Waals surface area contributed by atoms with Crippen LogP contribution in [0.2, 0.25) is 5.02 Å². The summed E-state index contributed by atoms with van der Waals surface area (Å²) < 4.78 is 34.8. The Balaban J connectivity index is 0.930. The highest BCUT2D eigenvalue weighted by Crippen LogP contribution is 2.42. The second-order valence-corrected chi connectivity index (χ2v) is 17.0. The Bertz CT molecular complexity index is 2840. The number of anilines is 2. The van der Waals surface area contributed by atoms with Crippen molar-refractivity contribution in [2.45, 2.75) is 32.2 Å². The first-order valence-electron chi connectivity index (χ1n) is 21.4. The van der Waals surface area contributed by atoms with Crippen molar-refractivity contribution in [3.63, 3.8) is 0 Å². The van der Waals surface area contributed by atoms with Crippen LogP contribution in [0.3, 0.4) is 0 Å². The summed E-state index contributed by atoms with van der Waals surface area (Å²) in [5.74, 6) is -1.78. The number of aromatic amines is 1. The van der Waals surface area contributed by atoms with Crippen molar-refractivity contribution >= 4 is 74.0 Å². The van der Waals surface area contributed by atoms with Crippen LogP contribution < -0.4 is 15.1 Å². The number of rotatable bonds is 11. The number of hydrogen-bond acceptors (Lipinski definition) is 8. The van der Waals surface area contributed by atoms with Gasteiger partial charge >= 0.3 is 6.03 Å². The third kappa shape index (κ3) is 8.42. The van der Waals surface area contributed by atoms with E-state index in [1.807, 2.05) is 23.1 Å². The molecule has 0 radical (unpaired) electrons. The van der Waals surface area contributed by atoms with Gasteiger partial charge in [-0.3, -0.25) is 39.2 Å². The summed E-state index contributed by atoms with van der Waals surface area (Å²) in [6.45, 7) is 4.61. The minimum Gasteiger partial charge on any atom is -0.367 e. The van der Waals surface area contributed by atoms with E-state index in [0.717, 1.165) is 29.3 Å². The SMILES string of the molecule is CN(C)C(=O)c1cc2c(-c3cc(F)c(N4CCN(CCc5cccc6c(N7CCC(=O)NC7=O)cncc56)CC4)cc3Cl)cc(C3=CCCN(C(=O)CCn4cccn4)C3)c(F)c2[nH]1. The van der Waals surface area contributed by atoms with Gasteiger partial charge in [0, 0.05) is 132 Å². The van der Waals surface area contributed by atoms with Crippen LogP contribution in [-0.2, 0) is 22.6 Å².